The molecule has 1 heterocycles. The van der Waals surface area contributed by atoms with Gasteiger partial charge in [-0.15, -0.1) is 5.10 Å². The van der Waals surface area contributed by atoms with E-state index in [0.717, 1.165) is 17.5 Å². The Hall–Kier alpha value is -1.45. The van der Waals surface area contributed by atoms with Crippen molar-refractivity contribution < 1.29 is 4.39 Å². The Morgan fingerprint density at radius 2 is 2.21 bits per heavy atom. The first-order valence-electron chi connectivity index (χ1n) is 4.77. The molecule has 0 fully saturated rings. The predicted molar refractivity (Wildman–Crippen MR) is 52.6 cm³/mol. The number of hydrogen-bond donors (Lipinski definition) is 0. The second-order valence-electron chi connectivity index (χ2n) is 3.25. The molecule has 0 aliphatic heterocycles. The van der Waals surface area contributed by atoms with Crippen molar-refractivity contribution in [3.05, 3.63) is 24.3 Å². The maximum absolute atomic E-state index is 13.6. The van der Waals surface area contributed by atoms with Crippen LogP contribution in [0.25, 0.3) is 11.0 Å². The van der Waals surface area contributed by atoms with Gasteiger partial charge in [-0.25, -0.2) is 9.07 Å². The molecule has 0 aliphatic carbocycles. The number of para-hydroxylation sites is 1. The Balaban J connectivity index is 2.42. The molecular formula is C10H12FN3. The van der Waals surface area contributed by atoms with Gasteiger partial charge in [-0.05, 0) is 18.6 Å². The van der Waals surface area contributed by atoms with E-state index in [-0.39, 0.29) is 0 Å². The Morgan fingerprint density at radius 3 is 3.00 bits per heavy atom. The van der Waals surface area contributed by atoms with Crippen LogP contribution in [0.1, 0.15) is 26.1 Å². The van der Waals surface area contributed by atoms with E-state index in [1.165, 1.54) is 4.68 Å². The van der Waals surface area contributed by atoms with Crippen molar-refractivity contribution in [3.8, 4) is 0 Å². The van der Waals surface area contributed by atoms with E-state index in [0.29, 0.717) is 6.42 Å². The van der Waals surface area contributed by atoms with Crippen LogP contribution in [-0.2, 0) is 0 Å². The normalized spacial score (nSPS) is 13.3. The molecule has 2 rings (SSSR count). The maximum atomic E-state index is 13.6. The molecule has 0 radical (unpaired) electrons. The summed E-state index contributed by atoms with van der Waals surface area (Å²) in [7, 11) is 0. The predicted octanol–water partition coefficient (Wildman–Crippen LogP) is 2.70. The number of fused-ring (bicyclic) bond motifs is 1. The van der Waals surface area contributed by atoms with Gasteiger partial charge in [0.1, 0.15) is 5.52 Å². The lowest BCUT2D eigenvalue weighted by atomic mass is 10.3. The van der Waals surface area contributed by atoms with Crippen molar-refractivity contribution in [2.45, 2.75) is 26.1 Å². The summed E-state index contributed by atoms with van der Waals surface area (Å²) in [5.41, 5.74) is 1.50. The molecule has 0 spiro atoms. The molecule has 1 atom stereocenters. The summed E-state index contributed by atoms with van der Waals surface area (Å²) in [5, 5.41) is 7.70. The minimum Gasteiger partial charge on any atom is -0.222 e. The summed E-state index contributed by atoms with van der Waals surface area (Å²) in [4.78, 5) is 0. The zero-order valence-corrected chi connectivity index (χ0v) is 8.02. The van der Waals surface area contributed by atoms with Crippen molar-refractivity contribution in [2.24, 2.45) is 0 Å². The minimum atomic E-state index is -1.06. The molecular weight excluding hydrogens is 181 g/mol. The fourth-order valence-electron chi connectivity index (χ4n) is 1.45. The summed E-state index contributed by atoms with van der Waals surface area (Å²) in [6.07, 6.45) is 0.218. The van der Waals surface area contributed by atoms with Crippen LogP contribution in [0, 0.1) is 0 Å². The molecule has 0 saturated heterocycles. The molecule has 0 bridgehead atoms. The average molecular weight is 193 g/mol. The monoisotopic (exact) mass is 193 g/mol. The number of aromatic nitrogens is 3. The van der Waals surface area contributed by atoms with Gasteiger partial charge in [-0.1, -0.05) is 30.7 Å². The molecule has 0 amide bonds. The van der Waals surface area contributed by atoms with Gasteiger partial charge in [0.15, 0.2) is 6.30 Å². The molecule has 14 heavy (non-hydrogen) atoms. The van der Waals surface area contributed by atoms with E-state index in [1.807, 2.05) is 31.2 Å². The molecule has 1 aromatic carbocycles. The summed E-state index contributed by atoms with van der Waals surface area (Å²) < 4.78 is 14.9. The van der Waals surface area contributed by atoms with Gasteiger partial charge in [0, 0.05) is 0 Å². The first kappa shape index (κ1) is 9.12. The Morgan fingerprint density at radius 1 is 1.43 bits per heavy atom. The maximum Gasteiger partial charge on any atom is 0.194 e. The highest BCUT2D eigenvalue weighted by Gasteiger charge is 2.12. The molecule has 1 unspecified atom stereocenters. The second kappa shape index (κ2) is 3.74. The smallest absolute Gasteiger partial charge is 0.194 e. The second-order valence-corrected chi connectivity index (χ2v) is 3.25. The van der Waals surface area contributed by atoms with Crippen molar-refractivity contribution in [1.29, 1.82) is 0 Å². The summed E-state index contributed by atoms with van der Waals surface area (Å²) in [5.74, 6) is 0. The standard InChI is InChI=1S/C10H12FN3/c1-2-5-10(11)14-9-7-4-3-6-8(9)12-13-14/h3-4,6-7,10H,2,5H2,1H3. The quantitative estimate of drug-likeness (QED) is 0.750. The number of rotatable bonds is 3. The molecule has 2 aromatic rings. The third-order valence-electron chi connectivity index (χ3n) is 2.17. The molecule has 1 aromatic heterocycles. The highest BCUT2D eigenvalue weighted by Crippen LogP contribution is 2.19. The number of nitrogens with zero attached hydrogens (tertiary/aromatic N) is 3. The Bertz CT molecular complexity index is 424. The van der Waals surface area contributed by atoms with Crippen molar-refractivity contribution in [1.82, 2.24) is 15.0 Å². The number of halogens is 1. The van der Waals surface area contributed by atoms with Gasteiger partial charge in [0.2, 0.25) is 0 Å². The summed E-state index contributed by atoms with van der Waals surface area (Å²) in [6, 6.07) is 7.39. The molecule has 0 saturated carbocycles. The van der Waals surface area contributed by atoms with E-state index in [1.54, 1.807) is 0 Å². The first-order valence-corrected chi connectivity index (χ1v) is 4.77. The zero-order valence-electron chi connectivity index (χ0n) is 8.02. The van der Waals surface area contributed by atoms with Crippen molar-refractivity contribution in [2.75, 3.05) is 0 Å². The van der Waals surface area contributed by atoms with Gasteiger partial charge >= 0.3 is 0 Å². The van der Waals surface area contributed by atoms with Crippen LogP contribution in [0.5, 0.6) is 0 Å². The summed E-state index contributed by atoms with van der Waals surface area (Å²) in [6.45, 7) is 1.95. The number of benzene rings is 1. The Kier molecular flexibility index (Phi) is 2.43. The first-order chi connectivity index (χ1) is 6.83. The van der Waals surface area contributed by atoms with Crippen LogP contribution in [-0.4, -0.2) is 15.0 Å². The lowest BCUT2D eigenvalue weighted by Gasteiger charge is -2.06. The van der Waals surface area contributed by atoms with E-state index in [4.69, 9.17) is 0 Å². The molecule has 0 N–H and O–H groups in total. The van der Waals surface area contributed by atoms with E-state index in [9.17, 15) is 4.39 Å². The number of alkyl halides is 1. The minimum absolute atomic E-state index is 0.480. The highest BCUT2D eigenvalue weighted by atomic mass is 19.1. The number of hydrogen-bond acceptors (Lipinski definition) is 2. The summed E-state index contributed by atoms with van der Waals surface area (Å²) >= 11 is 0. The van der Waals surface area contributed by atoms with Crippen LogP contribution in [0.2, 0.25) is 0 Å². The lowest BCUT2D eigenvalue weighted by molar-refractivity contribution is 0.206. The van der Waals surface area contributed by atoms with Gasteiger partial charge in [-0.3, -0.25) is 0 Å². The fraction of sp³-hybridized carbons (Fsp3) is 0.400. The third-order valence-corrected chi connectivity index (χ3v) is 2.17. The molecule has 74 valence electrons. The van der Waals surface area contributed by atoms with Crippen molar-refractivity contribution in [3.63, 3.8) is 0 Å². The topological polar surface area (TPSA) is 30.7 Å². The van der Waals surface area contributed by atoms with Crippen LogP contribution >= 0.6 is 0 Å². The van der Waals surface area contributed by atoms with E-state index in [2.05, 4.69) is 10.3 Å². The van der Waals surface area contributed by atoms with Gasteiger partial charge in [0.05, 0.1) is 5.52 Å². The van der Waals surface area contributed by atoms with Crippen LogP contribution < -0.4 is 0 Å². The SMILES string of the molecule is CCCC(F)n1nnc2ccccc21. The van der Waals surface area contributed by atoms with Crippen LogP contribution in [0.3, 0.4) is 0 Å². The van der Waals surface area contributed by atoms with E-state index >= 15 is 0 Å². The van der Waals surface area contributed by atoms with Gasteiger partial charge < -0.3 is 0 Å². The molecule has 4 heteroatoms. The zero-order chi connectivity index (χ0) is 9.97. The average Bonchev–Trinajstić information content (AvgIpc) is 2.61. The van der Waals surface area contributed by atoms with Crippen LogP contribution in [0.15, 0.2) is 24.3 Å². The van der Waals surface area contributed by atoms with Gasteiger partial charge in [0.25, 0.3) is 0 Å². The Labute approximate surface area is 81.5 Å². The van der Waals surface area contributed by atoms with Crippen LogP contribution in [0.4, 0.5) is 4.39 Å². The lowest BCUT2D eigenvalue weighted by Crippen LogP contribution is -2.05. The van der Waals surface area contributed by atoms with Crippen molar-refractivity contribution >= 4 is 11.0 Å². The molecule has 3 nitrogen and oxygen atoms in total. The molecule has 0 aliphatic rings. The fourth-order valence-corrected chi connectivity index (χ4v) is 1.45. The van der Waals surface area contributed by atoms with Gasteiger partial charge in [-0.2, -0.15) is 0 Å². The van der Waals surface area contributed by atoms with E-state index < -0.39 is 6.30 Å². The largest absolute Gasteiger partial charge is 0.222 e. The third kappa shape index (κ3) is 1.47. The highest BCUT2D eigenvalue weighted by molar-refractivity contribution is 5.73.